The Morgan fingerprint density at radius 2 is 2.04 bits per heavy atom. The maximum atomic E-state index is 12.9. The molecular formula is C18H28N2O3. The van der Waals surface area contributed by atoms with Crippen LogP contribution < -0.4 is 0 Å². The molecule has 0 radical (unpaired) electrons. The molecule has 23 heavy (non-hydrogen) atoms. The van der Waals surface area contributed by atoms with Crippen LogP contribution in [0, 0.1) is 19.8 Å². The van der Waals surface area contributed by atoms with Gasteiger partial charge in [0.25, 0.3) is 5.91 Å². The molecule has 1 saturated heterocycles. The molecule has 2 rings (SSSR count). The summed E-state index contributed by atoms with van der Waals surface area (Å²) in [6, 6.07) is 2.32. The van der Waals surface area contributed by atoms with Crippen LogP contribution in [0.4, 0.5) is 0 Å². The summed E-state index contributed by atoms with van der Waals surface area (Å²) in [5.41, 5.74) is 2.92. The van der Waals surface area contributed by atoms with Gasteiger partial charge in [0, 0.05) is 36.9 Å². The third-order valence-electron chi connectivity index (χ3n) is 4.80. The zero-order valence-corrected chi connectivity index (χ0v) is 14.6. The fourth-order valence-electron chi connectivity index (χ4n) is 3.77. The first-order chi connectivity index (χ1) is 10.8. The Bertz CT molecular complexity index is 589. The number of aryl methyl sites for hydroxylation is 1. The molecule has 0 aliphatic carbocycles. The monoisotopic (exact) mass is 320 g/mol. The molecule has 1 aliphatic rings. The molecule has 1 aromatic heterocycles. The zero-order chi connectivity index (χ0) is 17.1. The second-order valence-electron chi connectivity index (χ2n) is 6.94. The Hall–Kier alpha value is -1.78. The Morgan fingerprint density at radius 3 is 2.61 bits per heavy atom. The van der Waals surface area contributed by atoms with Crippen LogP contribution in [0.15, 0.2) is 6.07 Å². The van der Waals surface area contributed by atoms with Gasteiger partial charge in [0.2, 0.25) is 0 Å². The number of hydrogen-bond acceptors (Lipinski definition) is 2. The Morgan fingerprint density at radius 1 is 1.35 bits per heavy atom. The molecule has 1 N–H and O–H groups in total. The number of carboxylic acids is 1. The summed E-state index contributed by atoms with van der Waals surface area (Å²) in [6.07, 6.45) is 2.82. The SMILES string of the molecule is Cc1cc(C(=O)N2CCCC(CCC(=O)O)C2)c(C)n1C(C)C. The molecule has 0 saturated carbocycles. The van der Waals surface area contributed by atoms with Crippen LogP contribution >= 0.6 is 0 Å². The fourth-order valence-corrected chi connectivity index (χ4v) is 3.77. The summed E-state index contributed by atoms with van der Waals surface area (Å²) in [5.74, 6) is -0.364. The molecule has 1 aromatic rings. The lowest BCUT2D eigenvalue weighted by Gasteiger charge is -2.32. The van der Waals surface area contributed by atoms with Gasteiger partial charge in [-0.1, -0.05) is 0 Å². The number of amides is 1. The van der Waals surface area contributed by atoms with Crippen LogP contribution in [0.3, 0.4) is 0 Å². The Kier molecular flexibility index (Phi) is 5.50. The number of nitrogens with zero attached hydrogens (tertiary/aromatic N) is 2. The largest absolute Gasteiger partial charge is 0.481 e. The highest BCUT2D eigenvalue weighted by molar-refractivity contribution is 5.95. The molecule has 5 nitrogen and oxygen atoms in total. The van der Waals surface area contributed by atoms with Gasteiger partial charge in [-0.25, -0.2) is 0 Å². The summed E-state index contributed by atoms with van der Waals surface area (Å²) in [6.45, 7) is 9.74. The number of carbonyl (C=O) groups is 2. The quantitative estimate of drug-likeness (QED) is 0.904. The first kappa shape index (κ1) is 17.6. The van der Waals surface area contributed by atoms with E-state index in [1.807, 2.05) is 24.8 Å². The van der Waals surface area contributed by atoms with Crippen LogP contribution in [0.5, 0.6) is 0 Å². The summed E-state index contributed by atoms with van der Waals surface area (Å²) in [5, 5.41) is 8.84. The maximum absolute atomic E-state index is 12.9. The van der Waals surface area contributed by atoms with Crippen molar-refractivity contribution in [2.24, 2.45) is 5.92 Å². The van der Waals surface area contributed by atoms with E-state index in [9.17, 15) is 9.59 Å². The summed E-state index contributed by atoms with van der Waals surface area (Å²) in [7, 11) is 0. The van der Waals surface area contributed by atoms with Crippen molar-refractivity contribution >= 4 is 11.9 Å². The molecule has 1 amide bonds. The van der Waals surface area contributed by atoms with E-state index in [1.165, 1.54) is 0 Å². The van der Waals surface area contributed by atoms with Crippen LogP contribution in [-0.4, -0.2) is 39.5 Å². The summed E-state index contributed by atoms with van der Waals surface area (Å²) < 4.78 is 2.19. The molecule has 1 unspecified atom stereocenters. The van der Waals surface area contributed by atoms with Crippen molar-refractivity contribution in [3.63, 3.8) is 0 Å². The first-order valence-corrected chi connectivity index (χ1v) is 8.50. The van der Waals surface area contributed by atoms with Crippen molar-refractivity contribution in [3.05, 3.63) is 23.0 Å². The van der Waals surface area contributed by atoms with Crippen molar-refractivity contribution in [2.45, 2.75) is 59.4 Å². The van der Waals surface area contributed by atoms with Gasteiger partial charge in [0.1, 0.15) is 0 Å². The van der Waals surface area contributed by atoms with E-state index >= 15 is 0 Å². The molecule has 1 aliphatic heterocycles. The average Bonchev–Trinajstić information content (AvgIpc) is 2.79. The van der Waals surface area contributed by atoms with Gasteiger partial charge in [-0.15, -0.1) is 0 Å². The van der Waals surface area contributed by atoms with E-state index in [1.54, 1.807) is 0 Å². The number of piperidine rings is 1. The number of rotatable bonds is 5. The topological polar surface area (TPSA) is 62.5 Å². The van der Waals surface area contributed by atoms with Crippen molar-refractivity contribution in [1.82, 2.24) is 9.47 Å². The molecule has 2 heterocycles. The molecule has 128 valence electrons. The van der Waals surface area contributed by atoms with Gasteiger partial charge < -0.3 is 14.6 Å². The van der Waals surface area contributed by atoms with Gasteiger partial charge >= 0.3 is 5.97 Å². The maximum Gasteiger partial charge on any atom is 0.303 e. The van der Waals surface area contributed by atoms with Crippen LogP contribution in [0.1, 0.15) is 67.3 Å². The third-order valence-corrected chi connectivity index (χ3v) is 4.80. The van der Waals surface area contributed by atoms with E-state index in [4.69, 9.17) is 5.11 Å². The minimum absolute atomic E-state index is 0.0880. The third kappa shape index (κ3) is 3.95. The van der Waals surface area contributed by atoms with Crippen molar-refractivity contribution in [1.29, 1.82) is 0 Å². The number of aliphatic carboxylic acids is 1. The number of hydrogen-bond donors (Lipinski definition) is 1. The highest BCUT2D eigenvalue weighted by atomic mass is 16.4. The standard InChI is InChI=1S/C18H28N2O3/c1-12(2)20-13(3)10-16(14(20)4)18(23)19-9-5-6-15(11-19)7-8-17(21)22/h10,12,15H,5-9,11H2,1-4H3,(H,21,22). The van der Waals surface area contributed by atoms with Gasteiger partial charge in [0.05, 0.1) is 5.56 Å². The van der Waals surface area contributed by atoms with Crippen LogP contribution in [0.25, 0.3) is 0 Å². The second-order valence-corrected chi connectivity index (χ2v) is 6.94. The Labute approximate surface area is 138 Å². The number of carbonyl (C=O) groups excluding carboxylic acids is 1. The zero-order valence-electron chi connectivity index (χ0n) is 14.6. The normalized spacial score (nSPS) is 18.5. The van der Waals surface area contributed by atoms with Gasteiger partial charge in [-0.05, 0) is 58.9 Å². The lowest BCUT2D eigenvalue weighted by Crippen LogP contribution is -2.40. The lowest BCUT2D eigenvalue weighted by molar-refractivity contribution is -0.137. The lowest BCUT2D eigenvalue weighted by atomic mass is 9.93. The molecule has 0 spiro atoms. The molecule has 0 aromatic carbocycles. The smallest absolute Gasteiger partial charge is 0.303 e. The van der Waals surface area contributed by atoms with E-state index in [0.29, 0.717) is 24.9 Å². The van der Waals surface area contributed by atoms with E-state index in [0.717, 1.165) is 36.3 Å². The highest BCUT2D eigenvalue weighted by Gasteiger charge is 2.27. The van der Waals surface area contributed by atoms with Crippen molar-refractivity contribution < 1.29 is 14.7 Å². The van der Waals surface area contributed by atoms with E-state index in [-0.39, 0.29) is 12.3 Å². The second kappa shape index (κ2) is 7.20. The molecule has 0 bridgehead atoms. The summed E-state index contributed by atoms with van der Waals surface area (Å²) in [4.78, 5) is 25.5. The fraction of sp³-hybridized carbons (Fsp3) is 0.667. The molecule has 1 fully saturated rings. The average molecular weight is 320 g/mol. The highest BCUT2D eigenvalue weighted by Crippen LogP contribution is 2.25. The van der Waals surface area contributed by atoms with Gasteiger partial charge in [-0.3, -0.25) is 9.59 Å². The van der Waals surface area contributed by atoms with Crippen molar-refractivity contribution in [3.8, 4) is 0 Å². The van der Waals surface area contributed by atoms with Crippen LogP contribution in [0.2, 0.25) is 0 Å². The minimum Gasteiger partial charge on any atom is -0.481 e. The minimum atomic E-state index is -0.756. The number of carboxylic acid groups (broad SMARTS) is 1. The molecule has 5 heteroatoms. The van der Waals surface area contributed by atoms with Crippen LogP contribution in [-0.2, 0) is 4.79 Å². The first-order valence-electron chi connectivity index (χ1n) is 8.50. The predicted octanol–water partition coefficient (Wildman–Crippen LogP) is 3.40. The molecular weight excluding hydrogens is 292 g/mol. The van der Waals surface area contributed by atoms with Gasteiger partial charge in [-0.2, -0.15) is 0 Å². The van der Waals surface area contributed by atoms with E-state index < -0.39 is 5.97 Å². The van der Waals surface area contributed by atoms with Crippen molar-refractivity contribution in [2.75, 3.05) is 13.1 Å². The molecule has 1 atom stereocenters. The number of aromatic nitrogens is 1. The van der Waals surface area contributed by atoms with Gasteiger partial charge in [0.15, 0.2) is 0 Å². The Balaban J connectivity index is 2.11. The predicted molar refractivity (Wildman–Crippen MR) is 89.8 cm³/mol. The summed E-state index contributed by atoms with van der Waals surface area (Å²) >= 11 is 0. The van der Waals surface area contributed by atoms with E-state index in [2.05, 4.69) is 18.4 Å². The number of likely N-dealkylation sites (tertiary alicyclic amines) is 1.